The Labute approximate surface area is 204 Å². The lowest BCUT2D eigenvalue weighted by atomic mass is 10.1. The summed E-state index contributed by atoms with van der Waals surface area (Å²) in [4.78, 5) is 12.3. The van der Waals surface area contributed by atoms with Crippen molar-refractivity contribution in [2.45, 2.75) is 52.2 Å². The van der Waals surface area contributed by atoms with Crippen LogP contribution >= 0.6 is 0 Å². The van der Waals surface area contributed by atoms with Gasteiger partial charge in [-0.2, -0.15) is 0 Å². The average Bonchev–Trinajstić information content (AvgIpc) is 2.80. The SMILES string of the molecule is CCF.C[Si](C)(C)OCCCCCCOc1ccc(C(=O)C=Cc2ccc(OCF)cc2)cc1. The van der Waals surface area contributed by atoms with Crippen molar-refractivity contribution in [3.05, 3.63) is 65.7 Å². The van der Waals surface area contributed by atoms with E-state index in [0.717, 1.165) is 43.6 Å². The number of carbonyl (C=O) groups excluding carboxylic acids is 1. The molecule has 0 N–H and O–H groups in total. The summed E-state index contributed by atoms with van der Waals surface area (Å²) in [6.07, 6.45) is 7.62. The van der Waals surface area contributed by atoms with Crippen molar-refractivity contribution in [1.82, 2.24) is 0 Å². The van der Waals surface area contributed by atoms with Gasteiger partial charge in [0.25, 0.3) is 0 Å². The molecular weight excluding hydrogens is 454 g/mol. The second-order valence-electron chi connectivity index (χ2n) is 8.54. The summed E-state index contributed by atoms with van der Waals surface area (Å²) in [6.45, 7) is 8.51. The van der Waals surface area contributed by atoms with Crippen LogP contribution in [0.5, 0.6) is 11.5 Å². The van der Waals surface area contributed by atoms with Crippen molar-refractivity contribution < 1.29 is 27.5 Å². The number of halogens is 2. The van der Waals surface area contributed by atoms with E-state index >= 15 is 0 Å². The number of ether oxygens (including phenoxy) is 2. The molecule has 0 aromatic heterocycles. The fourth-order valence-electron chi connectivity index (χ4n) is 2.85. The number of ketones is 1. The summed E-state index contributed by atoms with van der Waals surface area (Å²) in [5.74, 6) is 1.14. The fourth-order valence-corrected chi connectivity index (χ4v) is 3.60. The van der Waals surface area contributed by atoms with Crippen LogP contribution in [0.25, 0.3) is 6.08 Å². The van der Waals surface area contributed by atoms with Gasteiger partial charge in [-0.25, -0.2) is 4.39 Å². The standard InChI is InChI=1S/C25H33FO4Si.C2H5F/c1-31(2,3)30-19-7-5-4-6-18-28-23-15-11-22(12-16-23)25(27)17-10-21-8-13-24(14-9-21)29-20-26;1-2-3/h8-17H,4-7,18-20H2,1-3H3;2H2,1H3. The van der Waals surface area contributed by atoms with Crippen molar-refractivity contribution in [2.24, 2.45) is 0 Å². The lowest BCUT2D eigenvalue weighted by molar-refractivity contribution is 0.104. The van der Waals surface area contributed by atoms with Gasteiger partial charge in [0.15, 0.2) is 14.1 Å². The maximum atomic E-state index is 12.3. The van der Waals surface area contributed by atoms with E-state index in [4.69, 9.17) is 13.9 Å². The fraction of sp³-hybridized carbons (Fsp3) is 0.444. The van der Waals surface area contributed by atoms with Gasteiger partial charge in [-0.1, -0.05) is 24.6 Å². The first-order valence-corrected chi connectivity index (χ1v) is 15.1. The van der Waals surface area contributed by atoms with Gasteiger partial charge in [0, 0.05) is 12.2 Å². The Balaban J connectivity index is 0.00000182. The Morgan fingerprint density at radius 3 is 1.91 bits per heavy atom. The number of unbranched alkanes of at least 4 members (excludes halogenated alkanes) is 3. The summed E-state index contributed by atoms with van der Waals surface area (Å²) in [7, 11) is -1.39. The molecule has 0 saturated carbocycles. The van der Waals surface area contributed by atoms with E-state index < -0.39 is 15.2 Å². The maximum Gasteiger partial charge on any atom is 0.228 e. The van der Waals surface area contributed by atoms with Crippen LogP contribution in [-0.2, 0) is 4.43 Å². The van der Waals surface area contributed by atoms with Crippen LogP contribution in [0, 0.1) is 0 Å². The molecule has 0 saturated heterocycles. The summed E-state index contributed by atoms with van der Waals surface area (Å²) < 4.78 is 38.8. The van der Waals surface area contributed by atoms with Crippen LogP contribution in [0.15, 0.2) is 54.6 Å². The number of benzene rings is 2. The zero-order valence-corrected chi connectivity index (χ0v) is 21.8. The summed E-state index contributed by atoms with van der Waals surface area (Å²) >= 11 is 0. The highest BCUT2D eigenvalue weighted by Crippen LogP contribution is 2.16. The quantitative estimate of drug-likeness (QED) is 0.118. The molecule has 0 fully saturated rings. The number of alkyl halides is 2. The van der Waals surface area contributed by atoms with E-state index in [1.165, 1.54) is 13.0 Å². The van der Waals surface area contributed by atoms with Gasteiger partial charge in [-0.15, -0.1) is 0 Å². The minimum Gasteiger partial charge on any atom is -0.494 e. The van der Waals surface area contributed by atoms with Gasteiger partial charge in [-0.05, 0) is 93.9 Å². The predicted molar refractivity (Wildman–Crippen MR) is 138 cm³/mol. The minimum absolute atomic E-state index is 0.0869. The van der Waals surface area contributed by atoms with Gasteiger partial charge in [0.1, 0.15) is 11.5 Å². The van der Waals surface area contributed by atoms with Crippen molar-refractivity contribution >= 4 is 20.2 Å². The first kappa shape index (κ1) is 29.5. The molecule has 0 spiro atoms. The van der Waals surface area contributed by atoms with Gasteiger partial charge in [0.2, 0.25) is 6.86 Å². The molecule has 2 rings (SSSR count). The second kappa shape index (κ2) is 17.0. The third kappa shape index (κ3) is 13.9. The predicted octanol–water partition coefficient (Wildman–Crippen LogP) is 7.66. The highest BCUT2D eigenvalue weighted by molar-refractivity contribution is 6.69. The molecule has 4 nitrogen and oxygen atoms in total. The largest absolute Gasteiger partial charge is 0.494 e. The Hall–Kier alpha value is -2.51. The van der Waals surface area contributed by atoms with Crippen LogP contribution in [0.4, 0.5) is 8.78 Å². The molecule has 7 heteroatoms. The molecule has 0 atom stereocenters. The third-order valence-electron chi connectivity index (χ3n) is 4.51. The lowest BCUT2D eigenvalue weighted by Gasteiger charge is -2.16. The summed E-state index contributed by atoms with van der Waals surface area (Å²) in [5, 5.41) is 0. The van der Waals surface area contributed by atoms with E-state index in [1.54, 1.807) is 42.5 Å². The summed E-state index contributed by atoms with van der Waals surface area (Å²) in [6, 6.07) is 14.1. The number of hydrogen-bond donors (Lipinski definition) is 0. The van der Waals surface area contributed by atoms with E-state index in [1.807, 2.05) is 12.1 Å². The number of carbonyl (C=O) groups is 1. The Morgan fingerprint density at radius 2 is 1.35 bits per heavy atom. The van der Waals surface area contributed by atoms with Gasteiger partial charge >= 0.3 is 0 Å². The molecule has 34 heavy (non-hydrogen) atoms. The molecule has 0 unspecified atom stereocenters. The first-order valence-electron chi connectivity index (χ1n) is 11.7. The van der Waals surface area contributed by atoms with Crippen molar-refractivity contribution in [3.63, 3.8) is 0 Å². The molecule has 2 aromatic rings. The zero-order valence-electron chi connectivity index (χ0n) is 20.8. The van der Waals surface area contributed by atoms with Crippen LogP contribution in [0.2, 0.25) is 19.6 Å². The molecule has 0 aliphatic heterocycles. The van der Waals surface area contributed by atoms with Gasteiger partial charge in [-0.3, -0.25) is 9.18 Å². The average molecular weight is 493 g/mol. The van der Waals surface area contributed by atoms with E-state index in [0.29, 0.717) is 17.9 Å². The highest BCUT2D eigenvalue weighted by atomic mass is 28.4. The molecule has 0 amide bonds. The molecular formula is C27H38F2O4Si. The van der Waals surface area contributed by atoms with Crippen LogP contribution < -0.4 is 9.47 Å². The Kier molecular flexibility index (Phi) is 14.8. The molecule has 2 aromatic carbocycles. The Bertz CT molecular complexity index is 831. The molecule has 0 aliphatic carbocycles. The van der Waals surface area contributed by atoms with Crippen LogP contribution in [-0.4, -0.2) is 40.8 Å². The van der Waals surface area contributed by atoms with E-state index in [9.17, 15) is 13.6 Å². The number of rotatable bonds is 14. The number of hydrogen-bond acceptors (Lipinski definition) is 4. The molecule has 0 aliphatic rings. The molecule has 0 heterocycles. The third-order valence-corrected chi connectivity index (χ3v) is 5.58. The molecule has 188 valence electrons. The van der Waals surface area contributed by atoms with Crippen molar-refractivity contribution in [3.8, 4) is 11.5 Å². The van der Waals surface area contributed by atoms with Crippen LogP contribution in [0.1, 0.15) is 48.5 Å². The minimum atomic E-state index is -1.39. The monoisotopic (exact) mass is 492 g/mol. The molecule has 0 bridgehead atoms. The first-order chi connectivity index (χ1) is 16.3. The van der Waals surface area contributed by atoms with E-state index in [-0.39, 0.29) is 12.5 Å². The highest BCUT2D eigenvalue weighted by Gasteiger charge is 2.12. The van der Waals surface area contributed by atoms with Crippen molar-refractivity contribution in [2.75, 3.05) is 26.7 Å². The smallest absolute Gasteiger partial charge is 0.228 e. The summed E-state index contributed by atoms with van der Waals surface area (Å²) in [5.41, 5.74) is 1.44. The maximum absolute atomic E-state index is 12.3. The topological polar surface area (TPSA) is 44.8 Å². The van der Waals surface area contributed by atoms with Gasteiger partial charge in [0.05, 0.1) is 13.3 Å². The van der Waals surface area contributed by atoms with E-state index in [2.05, 4.69) is 19.6 Å². The number of allylic oxidation sites excluding steroid dienone is 1. The second-order valence-corrected chi connectivity index (χ2v) is 13.0. The van der Waals surface area contributed by atoms with Gasteiger partial charge < -0.3 is 13.9 Å². The zero-order chi connectivity index (χ0) is 25.2. The van der Waals surface area contributed by atoms with Crippen molar-refractivity contribution in [1.29, 1.82) is 0 Å². The van der Waals surface area contributed by atoms with Crippen LogP contribution in [0.3, 0.4) is 0 Å². The lowest BCUT2D eigenvalue weighted by Crippen LogP contribution is -2.25. The Morgan fingerprint density at radius 1 is 0.824 bits per heavy atom. The molecule has 0 radical (unpaired) electrons. The normalized spacial score (nSPS) is 11.1.